The number of hydrogen-bond acceptors (Lipinski definition) is 1. The Hall–Kier alpha value is -1.28. The van der Waals surface area contributed by atoms with Gasteiger partial charge in [0.2, 0.25) is 0 Å². The Morgan fingerprint density at radius 1 is 1.00 bits per heavy atom. The smallest absolute Gasteiger partial charge is 0.136 e. The van der Waals surface area contributed by atoms with E-state index >= 15 is 0 Å². The van der Waals surface area contributed by atoms with Crippen LogP contribution in [0.1, 0.15) is 29.5 Å². The summed E-state index contributed by atoms with van der Waals surface area (Å²) in [7, 11) is 0. The quantitative estimate of drug-likeness (QED) is 0.737. The van der Waals surface area contributed by atoms with Crippen molar-refractivity contribution < 1.29 is 4.39 Å². The van der Waals surface area contributed by atoms with Gasteiger partial charge in [-0.3, -0.25) is 0 Å². The van der Waals surface area contributed by atoms with Gasteiger partial charge in [0.1, 0.15) is 5.82 Å². The fraction of sp³-hybridized carbons (Fsp3) is 0.200. The number of halogens is 1. The summed E-state index contributed by atoms with van der Waals surface area (Å²) in [6.07, 6.45) is 0. The summed E-state index contributed by atoms with van der Waals surface area (Å²) in [6.45, 7) is 4.15. The van der Waals surface area contributed by atoms with Crippen molar-refractivity contribution in [3.05, 3.63) is 65.0 Å². The van der Waals surface area contributed by atoms with Gasteiger partial charge in [0.15, 0.2) is 0 Å². The molecule has 0 spiro atoms. The summed E-state index contributed by atoms with van der Waals surface area (Å²) >= 11 is 4.26. The first-order chi connectivity index (χ1) is 8.11. The molecule has 0 heterocycles. The topological polar surface area (TPSA) is 0 Å². The Bertz CT molecular complexity index is 534. The van der Waals surface area contributed by atoms with Gasteiger partial charge in [0, 0.05) is 10.8 Å². The molecule has 0 nitrogen and oxygen atoms in total. The Labute approximate surface area is 107 Å². The third-order valence-corrected chi connectivity index (χ3v) is 3.61. The van der Waals surface area contributed by atoms with Gasteiger partial charge in [-0.2, -0.15) is 0 Å². The lowest BCUT2D eigenvalue weighted by Crippen LogP contribution is -2.00. The third kappa shape index (κ3) is 2.37. The van der Waals surface area contributed by atoms with Gasteiger partial charge in [-0.25, -0.2) is 4.39 Å². The Morgan fingerprint density at radius 3 is 2.35 bits per heavy atom. The van der Waals surface area contributed by atoms with Crippen molar-refractivity contribution >= 4 is 12.6 Å². The lowest BCUT2D eigenvalue weighted by molar-refractivity contribution is 0.595. The number of thiol groups is 1. The van der Waals surface area contributed by atoms with Crippen LogP contribution in [0.15, 0.2) is 47.4 Å². The Balaban J connectivity index is 2.48. The summed E-state index contributed by atoms with van der Waals surface area (Å²) in [5.74, 6) is -0.106. The van der Waals surface area contributed by atoms with E-state index in [0.717, 1.165) is 5.56 Å². The van der Waals surface area contributed by atoms with Crippen molar-refractivity contribution in [2.75, 3.05) is 0 Å². The van der Waals surface area contributed by atoms with Crippen molar-refractivity contribution in [2.45, 2.75) is 24.7 Å². The molecule has 1 unspecified atom stereocenters. The predicted octanol–water partition coefficient (Wildman–Crippen LogP) is 4.57. The first kappa shape index (κ1) is 12.2. The molecule has 0 aromatic heterocycles. The van der Waals surface area contributed by atoms with E-state index in [9.17, 15) is 4.39 Å². The maximum Gasteiger partial charge on any atom is 0.136 e. The van der Waals surface area contributed by atoms with E-state index < -0.39 is 0 Å². The zero-order valence-corrected chi connectivity index (χ0v) is 10.8. The number of aryl methyl sites for hydroxylation is 1. The van der Waals surface area contributed by atoms with Gasteiger partial charge in [-0.15, -0.1) is 12.6 Å². The molecule has 0 bridgehead atoms. The van der Waals surface area contributed by atoms with Crippen molar-refractivity contribution in [3.8, 4) is 0 Å². The molecule has 2 aromatic carbocycles. The Kier molecular flexibility index (Phi) is 3.53. The van der Waals surface area contributed by atoms with E-state index in [1.165, 1.54) is 17.2 Å². The van der Waals surface area contributed by atoms with Crippen LogP contribution in [0.2, 0.25) is 0 Å². The maximum absolute atomic E-state index is 13.5. The lowest BCUT2D eigenvalue weighted by Gasteiger charge is -2.17. The minimum atomic E-state index is -0.258. The average Bonchev–Trinajstić information content (AvgIpc) is 2.32. The van der Waals surface area contributed by atoms with Crippen LogP contribution in [-0.2, 0) is 0 Å². The summed E-state index contributed by atoms with van der Waals surface area (Å²) < 4.78 is 13.5. The zero-order chi connectivity index (χ0) is 12.4. The first-order valence-electron chi connectivity index (χ1n) is 5.64. The van der Waals surface area contributed by atoms with Gasteiger partial charge in [0.05, 0.1) is 0 Å². The third-order valence-electron chi connectivity index (χ3n) is 3.14. The maximum atomic E-state index is 13.5. The largest absolute Gasteiger partial charge is 0.206 e. The van der Waals surface area contributed by atoms with E-state index in [2.05, 4.69) is 38.6 Å². The van der Waals surface area contributed by atoms with Gasteiger partial charge >= 0.3 is 0 Å². The standard InChI is InChI=1S/C15H15FS/c1-10-6-3-4-7-12(10)11(2)13-8-5-9-14(16)15(13)17/h3-9,11,17H,1-2H3. The van der Waals surface area contributed by atoms with Crippen LogP contribution in [0.25, 0.3) is 0 Å². The van der Waals surface area contributed by atoms with E-state index in [-0.39, 0.29) is 11.7 Å². The first-order valence-corrected chi connectivity index (χ1v) is 6.09. The van der Waals surface area contributed by atoms with Crippen LogP contribution < -0.4 is 0 Å². The fourth-order valence-corrected chi connectivity index (χ4v) is 2.46. The number of hydrogen-bond donors (Lipinski definition) is 1. The molecule has 0 aliphatic rings. The average molecular weight is 246 g/mol. The highest BCUT2D eigenvalue weighted by atomic mass is 32.1. The second-order valence-corrected chi connectivity index (χ2v) is 4.70. The minimum absolute atomic E-state index is 0.152. The molecule has 17 heavy (non-hydrogen) atoms. The molecular weight excluding hydrogens is 231 g/mol. The van der Waals surface area contributed by atoms with E-state index in [0.29, 0.717) is 4.90 Å². The lowest BCUT2D eigenvalue weighted by atomic mass is 9.90. The molecule has 0 saturated heterocycles. The number of benzene rings is 2. The highest BCUT2D eigenvalue weighted by Crippen LogP contribution is 2.31. The molecule has 88 valence electrons. The second-order valence-electron chi connectivity index (χ2n) is 4.26. The molecule has 2 aromatic rings. The molecular formula is C15H15FS. The molecule has 2 heteroatoms. The highest BCUT2D eigenvalue weighted by Gasteiger charge is 2.14. The summed E-state index contributed by atoms with van der Waals surface area (Å²) in [4.78, 5) is 0.447. The van der Waals surface area contributed by atoms with Crippen LogP contribution >= 0.6 is 12.6 Å². The summed E-state index contributed by atoms with van der Waals surface area (Å²) in [6, 6.07) is 13.3. The van der Waals surface area contributed by atoms with Gasteiger partial charge < -0.3 is 0 Å². The highest BCUT2D eigenvalue weighted by molar-refractivity contribution is 7.80. The molecule has 2 rings (SSSR count). The van der Waals surface area contributed by atoms with E-state index in [1.54, 1.807) is 6.07 Å². The minimum Gasteiger partial charge on any atom is -0.206 e. The molecule has 0 fully saturated rings. The summed E-state index contributed by atoms with van der Waals surface area (Å²) in [5.41, 5.74) is 3.37. The SMILES string of the molecule is Cc1ccccc1C(C)c1cccc(F)c1S. The molecule has 0 saturated carbocycles. The van der Waals surface area contributed by atoms with Crippen LogP contribution in [0, 0.1) is 12.7 Å². The number of rotatable bonds is 2. The normalized spacial score (nSPS) is 12.5. The van der Waals surface area contributed by atoms with Gasteiger partial charge in [-0.05, 0) is 29.7 Å². The molecule has 0 N–H and O–H groups in total. The van der Waals surface area contributed by atoms with Crippen LogP contribution in [0.3, 0.4) is 0 Å². The van der Waals surface area contributed by atoms with Crippen LogP contribution in [-0.4, -0.2) is 0 Å². The zero-order valence-electron chi connectivity index (χ0n) is 9.94. The molecule has 1 atom stereocenters. The monoisotopic (exact) mass is 246 g/mol. The molecule has 0 radical (unpaired) electrons. The van der Waals surface area contributed by atoms with Gasteiger partial charge in [-0.1, -0.05) is 43.3 Å². The molecule has 0 amide bonds. The Morgan fingerprint density at radius 2 is 1.65 bits per heavy atom. The second kappa shape index (κ2) is 4.92. The van der Waals surface area contributed by atoms with Crippen molar-refractivity contribution in [3.63, 3.8) is 0 Å². The van der Waals surface area contributed by atoms with Crippen molar-refractivity contribution in [2.24, 2.45) is 0 Å². The predicted molar refractivity (Wildman–Crippen MR) is 72.3 cm³/mol. The van der Waals surface area contributed by atoms with E-state index in [1.807, 2.05) is 18.2 Å². The van der Waals surface area contributed by atoms with E-state index in [4.69, 9.17) is 0 Å². The van der Waals surface area contributed by atoms with Crippen LogP contribution in [0.5, 0.6) is 0 Å². The van der Waals surface area contributed by atoms with Crippen LogP contribution in [0.4, 0.5) is 4.39 Å². The summed E-state index contributed by atoms with van der Waals surface area (Å²) in [5, 5.41) is 0. The fourth-order valence-electron chi connectivity index (χ4n) is 2.12. The molecule has 0 aliphatic carbocycles. The van der Waals surface area contributed by atoms with Crippen molar-refractivity contribution in [1.82, 2.24) is 0 Å². The van der Waals surface area contributed by atoms with Crippen molar-refractivity contribution in [1.29, 1.82) is 0 Å². The molecule has 0 aliphatic heterocycles. The van der Waals surface area contributed by atoms with Gasteiger partial charge in [0.25, 0.3) is 0 Å².